The average molecular weight is 524 g/mol. The first kappa shape index (κ1) is 25.0. The van der Waals surface area contributed by atoms with Gasteiger partial charge in [-0.2, -0.15) is 5.10 Å². The maximum absolute atomic E-state index is 12.0. The molecule has 3 aromatic rings. The minimum Gasteiger partial charge on any atom is -0.493 e. The van der Waals surface area contributed by atoms with Crippen LogP contribution in [0, 0.1) is 6.92 Å². The third-order valence-electron chi connectivity index (χ3n) is 4.80. The van der Waals surface area contributed by atoms with Crippen LogP contribution in [0.25, 0.3) is 0 Å². The summed E-state index contributed by atoms with van der Waals surface area (Å²) in [7, 11) is 1.56. The monoisotopic (exact) mass is 523 g/mol. The van der Waals surface area contributed by atoms with Gasteiger partial charge in [0, 0.05) is 18.5 Å². The van der Waals surface area contributed by atoms with Crippen LogP contribution < -0.4 is 20.2 Å². The Morgan fingerprint density at radius 3 is 2.41 bits per heavy atom. The standard InChI is InChI=1S/C26H26BrN3O4/c1-18-8-10-21(11-9-18)29-24(31)12-13-25(32)30-28-16-20-14-22(27)26(23(15-20)33-2)34-17-19-6-4-3-5-7-19/h3-11,14-16H,12-13,17H2,1-2H3,(H,29,31)(H,30,32). The third-order valence-corrected chi connectivity index (χ3v) is 5.38. The van der Waals surface area contributed by atoms with Gasteiger partial charge in [-0.25, -0.2) is 5.43 Å². The number of carbonyl (C=O) groups is 2. The van der Waals surface area contributed by atoms with Crippen LogP contribution in [0.4, 0.5) is 5.69 Å². The predicted molar refractivity (Wildman–Crippen MR) is 136 cm³/mol. The van der Waals surface area contributed by atoms with Gasteiger partial charge in [0.15, 0.2) is 11.5 Å². The lowest BCUT2D eigenvalue weighted by Gasteiger charge is -2.13. The second-order valence-corrected chi connectivity index (χ2v) is 8.37. The summed E-state index contributed by atoms with van der Waals surface area (Å²) >= 11 is 3.51. The van der Waals surface area contributed by atoms with Gasteiger partial charge in [0.2, 0.25) is 11.8 Å². The smallest absolute Gasteiger partial charge is 0.240 e. The third kappa shape index (κ3) is 7.74. The number of nitrogens with one attached hydrogen (secondary N) is 2. The summed E-state index contributed by atoms with van der Waals surface area (Å²) in [5.74, 6) is 0.518. The van der Waals surface area contributed by atoms with E-state index in [9.17, 15) is 9.59 Å². The molecule has 2 amide bonds. The number of aryl methyl sites for hydroxylation is 1. The highest BCUT2D eigenvalue weighted by Crippen LogP contribution is 2.36. The molecule has 8 heteroatoms. The molecule has 0 unspecified atom stereocenters. The summed E-state index contributed by atoms with van der Waals surface area (Å²) in [5.41, 5.74) is 5.99. The maximum atomic E-state index is 12.0. The van der Waals surface area contributed by atoms with Gasteiger partial charge in [0.1, 0.15) is 6.61 Å². The Morgan fingerprint density at radius 2 is 1.71 bits per heavy atom. The van der Waals surface area contributed by atoms with Crippen molar-refractivity contribution in [3.8, 4) is 11.5 Å². The normalized spacial score (nSPS) is 10.7. The second kappa shape index (κ2) is 12.6. The molecular formula is C26H26BrN3O4. The molecule has 0 aromatic heterocycles. The van der Waals surface area contributed by atoms with E-state index in [0.29, 0.717) is 33.8 Å². The van der Waals surface area contributed by atoms with Gasteiger partial charge in [0.05, 0.1) is 17.8 Å². The summed E-state index contributed by atoms with van der Waals surface area (Å²) in [6, 6.07) is 20.9. The van der Waals surface area contributed by atoms with Gasteiger partial charge in [-0.15, -0.1) is 0 Å². The van der Waals surface area contributed by atoms with Crippen molar-refractivity contribution in [1.29, 1.82) is 0 Å². The van der Waals surface area contributed by atoms with E-state index in [1.54, 1.807) is 13.2 Å². The summed E-state index contributed by atoms with van der Waals surface area (Å²) in [6.45, 7) is 2.37. The van der Waals surface area contributed by atoms with E-state index in [0.717, 1.165) is 11.1 Å². The number of hydrazone groups is 1. The molecule has 0 saturated carbocycles. The minimum absolute atomic E-state index is 0.0221. The molecule has 0 aliphatic heterocycles. The van der Waals surface area contributed by atoms with Crippen LogP contribution in [0.15, 0.2) is 76.3 Å². The SMILES string of the molecule is COc1cc(C=NNC(=O)CCC(=O)Nc2ccc(C)cc2)cc(Br)c1OCc1ccccc1. The van der Waals surface area contributed by atoms with E-state index < -0.39 is 0 Å². The zero-order valence-electron chi connectivity index (χ0n) is 19.0. The topological polar surface area (TPSA) is 89.0 Å². The number of hydrogen-bond donors (Lipinski definition) is 2. The highest BCUT2D eigenvalue weighted by molar-refractivity contribution is 9.10. The Hall–Kier alpha value is -3.65. The van der Waals surface area contributed by atoms with Crippen LogP contribution in [-0.4, -0.2) is 25.1 Å². The fourth-order valence-electron chi connectivity index (χ4n) is 3.01. The van der Waals surface area contributed by atoms with E-state index in [1.165, 1.54) is 6.21 Å². The second-order valence-electron chi connectivity index (χ2n) is 7.52. The number of hydrogen-bond acceptors (Lipinski definition) is 5. The summed E-state index contributed by atoms with van der Waals surface area (Å²) in [5, 5.41) is 6.74. The maximum Gasteiger partial charge on any atom is 0.240 e. The number of ether oxygens (including phenoxy) is 2. The molecule has 7 nitrogen and oxygen atoms in total. The zero-order valence-corrected chi connectivity index (χ0v) is 20.6. The van der Waals surface area contributed by atoms with Crippen molar-refractivity contribution >= 4 is 39.6 Å². The average Bonchev–Trinajstić information content (AvgIpc) is 2.84. The number of amides is 2. The molecule has 0 aliphatic rings. The Bertz CT molecular complexity index is 1150. The number of methoxy groups -OCH3 is 1. The molecular weight excluding hydrogens is 498 g/mol. The Balaban J connectivity index is 1.50. The van der Waals surface area contributed by atoms with Gasteiger partial charge in [-0.05, 0) is 58.2 Å². The van der Waals surface area contributed by atoms with Crippen molar-refractivity contribution in [2.75, 3.05) is 12.4 Å². The van der Waals surface area contributed by atoms with Crippen molar-refractivity contribution in [3.63, 3.8) is 0 Å². The fraction of sp³-hybridized carbons (Fsp3) is 0.192. The van der Waals surface area contributed by atoms with Crippen molar-refractivity contribution in [2.45, 2.75) is 26.4 Å². The lowest BCUT2D eigenvalue weighted by atomic mass is 10.2. The molecule has 0 heterocycles. The van der Waals surface area contributed by atoms with E-state index in [2.05, 4.69) is 31.8 Å². The predicted octanol–water partition coefficient (Wildman–Crippen LogP) is 5.21. The van der Waals surface area contributed by atoms with E-state index in [4.69, 9.17) is 9.47 Å². The van der Waals surface area contributed by atoms with E-state index in [-0.39, 0.29) is 24.7 Å². The van der Waals surface area contributed by atoms with Gasteiger partial charge >= 0.3 is 0 Å². The number of halogens is 1. The highest BCUT2D eigenvalue weighted by Gasteiger charge is 2.12. The molecule has 3 rings (SSSR count). The molecule has 0 aliphatic carbocycles. The van der Waals surface area contributed by atoms with E-state index >= 15 is 0 Å². The fourth-order valence-corrected chi connectivity index (χ4v) is 3.58. The number of carbonyl (C=O) groups excluding carboxylic acids is 2. The summed E-state index contributed by atoms with van der Waals surface area (Å²) in [6.07, 6.45) is 1.58. The van der Waals surface area contributed by atoms with Crippen LogP contribution >= 0.6 is 15.9 Å². The van der Waals surface area contributed by atoms with Crippen molar-refractivity contribution < 1.29 is 19.1 Å². The Labute approximate surface area is 207 Å². The number of anilines is 1. The molecule has 34 heavy (non-hydrogen) atoms. The number of rotatable bonds is 10. The van der Waals surface area contributed by atoms with Gasteiger partial charge in [-0.3, -0.25) is 9.59 Å². The summed E-state index contributed by atoms with van der Waals surface area (Å²) < 4.78 is 12.1. The van der Waals surface area contributed by atoms with Crippen LogP contribution in [0.5, 0.6) is 11.5 Å². The minimum atomic E-state index is -0.357. The van der Waals surface area contributed by atoms with Crippen molar-refractivity contribution in [2.24, 2.45) is 5.10 Å². The molecule has 2 N–H and O–H groups in total. The van der Waals surface area contributed by atoms with Gasteiger partial charge < -0.3 is 14.8 Å². The molecule has 0 radical (unpaired) electrons. The number of benzene rings is 3. The van der Waals surface area contributed by atoms with Crippen LogP contribution in [-0.2, 0) is 16.2 Å². The molecule has 0 saturated heterocycles. The van der Waals surface area contributed by atoms with Crippen LogP contribution in [0.1, 0.15) is 29.5 Å². The lowest BCUT2D eigenvalue weighted by molar-refractivity contribution is -0.124. The lowest BCUT2D eigenvalue weighted by Crippen LogP contribution is -2.20. The first-order chi connectivity index (χ1) is 16.4. The zero-order chi connectivity index (χ0) is 24.3. The Kier molecular flexibility index (Phi) is 9.22. The molecule has 3 aromatic carbocycles. The molecule has 0 fully saturated rings. The first-order valence-corrected chi connectivity index (χ1v) is 11.5. The molecule has 0 spiro atoms. The van der Waals surface area contributed by atoms with Crippen LogP contribution in [0.3, 0.4) is 0 Å². The highest BCUT2D eigenvalue weighted by atomic mass is 79.9. The summed E-state index contributed by atoms with van der Waals surface area (Å²) in [4.78, 5) is 24.1. The molecule has 0 bridgehead atoms. The van der Waals surface area contributed by atoms with Gasteiger partial charge in [-0.1, -0.05) is 48.0 Å². The van der Waals surface area contributed by atoms with E-state index in [1.807, 2.05) is 67.6 Å². The van der Waals surface area contributed by atoms with Crippen molar-refractivity contribution in [3.05, 3.63) is 87.9 Å². The molecule has 176 valence electrons. The Morgan fingerprint density at radius 1 is 1.00 bits per heavy atom. The quantitative estimate of drug-likeness (QED) is 0.282. The van der Waals surface area contributed by atoms with Gasteiger partial charge in [0.25, 0.3) is 0 Å². The number of nitrogens with zero attached hydrogens (tertiary/aromatic N) is 1. The largest absolute Gasteiger partial charge is 0.493 e. The van der Waals surface area contributed by atoms with Crippen molar-refractivity contribution in [1.82, 2.24) is 5.43 Å². The first-order valence-electron chi connectivity index (χ1n) is 10.7. The van der Waals surface area contributed by atoms with Crippen LogP contribution in [0.2, 0.25) is 0 Å². The molecule has 0 atom stereocenters.